The number of ether oxygens (including phenoxy) is 1. The summed E-state index contributed by atoms with van der Waals surface area (Å²) in [6.45, 7) is 11.6. The van der Waals surface area contributed by atoms with Crippen LogP contribution in [0, 0.1) is 6.92 Å². The summed E-state index contributed by atoms with van der Waals surface area (Å²) < 4.78 is 6.61. The molecule has 0 radical (unpaired) electrons. The minimum absolute atomic E-state index is 0.110. The highest BCUT2D eigenvalue weighted by Crippen LogP contribution is 2.61. The minimum atomic E-state index is -0.229. The SMILES string of the molecule is Cc1cccc2c1N1c3cc(N(c4ccc5c(c4)C(C)(C)c4ccccc4-5)c4cccc5ccccc45)ccc3C(C)(C)c3cccc(c31)O2. The Morgan fingerprint density at radius 1 is 0.520 bits per heavy atom. The molecule has 50 heavy (non-hydrogen) atoms. The van der Waals surface area contributed by atoms with Gasteiger partial charge in [0.1, 0.15) is 0 Å². The van der Waals surface area contributed by atoms with Crippen LogP contribution in [-0.4, -0.2) is 0 Å². The maximum atomic E-state index is 6.61. The number of nitrogens with zero attached hydrogens (tertiary/aromatic N) is 2. The first-order chi connectivity index (χ1) is 24.2. The quantitative estimate of drug-likeness (QED) is 0.190. The molecule has 0 unspecified atom stereocenters. The molecule has 2 heterocycles. The highest BCUT2D eigenvalue weighted by molar-refractivity contribution is 6.01. The van der Waals surface area contributed by atoms with Crippen LogP contribution in [-0.2, 0) is 10.8 Å². The normalized spacial score (nSPS) is 15.3. The summed E-state index contributed by atoms with van der Waals surface area (Å²) in [5.74, 6) is 1.79. The predicted molar refractivity (Wildman–Crippen MR) is 208 cm³/mol. The Hall–Kier alpha value is -5.80. The summed E-state index contributed by atoms with van der Waals surface area (Å²) in [6, 6.07) is 51.3. The fraction of sp³-hybridized carbons (Fsp3) is 0.149. The predicted octanol–water partition coefficient (Wildman–Crippen LogP) is 13.1. The molecule has 0 atom stereocenters. The van der Waals surface area contributed by atoms with Gasteiger partial charge in [-0.3, -0.25) is 0 Å². The van der Waals surface area contributed by atoms with Crippen molar-refractivity contribution in [3.63, 3.8) is 0 Å². The molecule has 0 bridgehead atoms. The van der Waals surface area contributed by atoms with Gasteiger partial charge >= 0.3 is 0 Å². The summed E-state index contributed by atoms with van der Waals surface area (Å²) in [5.41, 5.74) is 15.7. The molecular formula is C47H38N2O. The third kappa shape index (κ3) is 3.86. The molecule has 0 amide bonds. The lowest BCUT2D eigenvalue weighted by molar-refractivity contribution is 0.471. The van der Waals surface area contributed by atoms with Crippen LogP contribution in [0.25, 0.3) is 21.9 Å². The fourth-order valence-electron chi connectivity index (χ4n) is 8.99. The van der Waals surface area contributed by atoms with Crippen LogP contribution >= 0.6 is 0 Å². The second kappa shape index (κ2) is 10.1. The van der Waals surface area contributed by atoms with Crippen LogP contribution in [0.15, 0.2) is 140 Å². The van der Waals surface area contributed by atoms with Crippen molar-refractivity contribution in [1.29, 1.82) is 0 Å². The van der Waals surface area contributed by atoms with Crippen molar-refractivity contribution in [2.75, 3.05) is 9.80 Å². The highest BCUT2D eigenvalue weighted by atomic mass is 16.5. The lowest BCUT2D eigenvalue weighted by Gasteiger charge is -2.45. The zero-order valence-corrected chi connectivity index (χ0v) is 29.1. The highest BCUT2D eigenvalue weighted by Gasteiger charge is 2.42. The summed E-state index contributed by atoms with van der Waals surface area (Å²) in [7, 11) is 0. The minimum Gasteiger partial charge on any atom is -0.453 e. The number of fused-ring (bicyclic) bond motifs is 8. The summed E-state index contributed by atoms with van der Waals surface area (Å²) in [4.78, 5) is 4.93. The van der Waals surface area contributed by atoms with Crippen molar-refractivity contribution in [3.8, 4) is 22.6 Å². The molecule has 0 saturated heterocycles. The van der Waals surface area contributed by atoms with Crippen LogP contribution in [0.3, 0.4) is 0 Å². The van der Waals surface area contributed by atoms with Crippen LogP contribution in [0.1, 0.15) is 55.5 Å². The molecule has 1 aliphatic carbocycles. The van der Waals surface area contributed by atoms with E-state index in [1.807, 2.05) is 0 Å². The van der Waals surface area contributed by atoms with Gasteiger partial charge < -0.3 is 14.5 Å². The van der Waals surface area contributed by atoms with Gasteiger partial charge in [-0.15, -0.1) is 0 Å². The van der Waals surface area contributed by atoms with Crippen molar-refractivity contribution >= 4 is 44.9 Å². The first kappa shape index (κ1) is 29.1. The monoisotopic (exact) mass is 646 g/mol. The number of benzene rings is 7. The van der Waals surface area contributed by atoms with Crippen molar-refractivity contribution in [1.82, 2.24) is 0 Å². The molecular weight excluding hydrogens is 609 g/mol. The summed E-state index contributed by atoms with van der Waals surface area (Å²) >= 11 is 0. The van der Waals surface area contributed by atoms with Gasteiger partial charge in [-0.25, -0.2) is 0 Å². The van der Waals surface area contributed by atoms with E-state index in [4.69, 9.17) is 4.74 Å². The molecule has 7 aromatic carbocycles. The van der Waals surface area contributed by atoms with Crippen LogP contribution in [0.5, 0.6) is 11.5 Å². The smallest absolute Gasteiger partial charge is 0.151 e. The fourth-order valence-corrected chi connectivity index (χ4v) is 8.99. The van der Waals surface area contributed by atoms with Crippen molar-refractivity contribution in [2.24, 2.45) is 0 Å². The lowest BCUT2D eigenvalue weighted by atomic mass is 9.73. The number of aryl methyl sites for hydroxylation is 1. The number of rotatable bonds is 3. The largest absolute Gasteiger partial charge is 0.453 e. The molecule has 0 N–H and O–H groups in total. The molecule has 7 aromatic rings. The van der Waals surface area contributed by atoms with E-state index in [1.165, 1.54) is 55.4 Å². The van der Waals surface area contributed by atoms with Gasteiger partial charge in [0.2, 0.25) is 0 Å². The van der Waals surface area contributed by atoms with E-state index in [-0.39, 0.29) is 10.8 Å². The van der Waals surface area contributed by atoms with Crippen molar-refractivity contribution in [2.45, 2.75) is 45.4 Å². The first-order valence-corrected chi connectivity index (χ1v) is 17.6. The maximum Gasteiger partial charge on any atom is 0.151 e. The number of hydrogen-bond acceptors (Lipinski definition) is 3. The topological polar surface area (TPSA) is 15.7 Å². The maximum absolute atomic E-state index is 6.61. The van der Waals surface area contributed by atoms with Crippen molar-refractivity contribution < 1.29 is 4.74 Å². The van der Waals surface area contributed by atoms with E-state index < -0.39 is 0 Å². The Morgan fingerprint density at radius 2 is 1.16 bits per heavy atom. The Morgan fingerprint density at radius 3 is 2.04 bits per heavy atom. The Bertz CT molecular complexity index is 2550. The van der Waals surface area contributed by atoms with Gasteiger partial charge in [0.15, 0.2) is 11.5 Å². The zero-order valence-electron chi connectivity index (χ0n) is 29.1. The average Bonchev–Trinajstić information content (AvgIpc) is 3.36. The van der Waals surface area contributed by atoms with E-state index in [1.54, 1.807) is 0 Å². The zero-order chi connectivity index (χ0) is 33.9. The molecule has 2 aliphatic heterocycles. The van der Waals surface area contributed by atoms with Gasteiger partial charge in [0, 0.05) is 27.6 Å². The second-order valence-electron chi connectivity index (χ2n) is 15.1. The van der Waals surface area contributed by atoms with E-state index in [0.717, 1.165) is 39.9 Å². The van der Waals surface area contributed by atoms with E-state index in [0.29, 0.717) is 0 Å². The molecule has 3 heteroatoms. The third-order valence-corrected chi connectivity index (χ3v) is 11.5. The molecule has 242 valence electrons. The van der Waals surface area contributed by atoms with E-state index >= 15 is 0 Å². The average molecular weight is 647 g/mol. The summed E-state index contributed by atoms with van der Waals surface area (Å²) in [6.07, 6.45) is 0. The van der Waals surface area contributed by atoms with Gasteiger partial charge in [0.05, 0.1) is 22.7 Å². The van der Waals surface area contributed by atoms with Crippen LogP contribution in [0.2, 0.25) is 0 Å². The second-order valence-corrected chi connectivity index (χ2v) is 15.1. The molecule has 0 saturated carbocycles. The molecule has 3 nitrogen and oxygen atoms in total. The Balaban J connectivity index is 1.24. The van der Waals surface area contributed by atoms with E-state index in [9.17, 15) is 0 Å². The first-order valence-electron chi connectivity index (χ1n) is 17.6. The lowest BCUT2D eigenvalue weighted by Crippen LogP contribution is -2.32. The molecule has 0 fully saturated rings. The van der Waals surface area contributed by atoms with Crippen molar-refractivity contribution in [3.05, 3.63) is 167 Å². The number of anilines is 6. The van der Waals surface area contributed by atoms with Crippen LogP contribution < -0.4 is 14.5 Å². The van der Waals surface area contributed by atoms with Gasteiger partial charge in [-0.2, -0.15) is 0 Å². The number of hydrogen-bond donors (Lipinski definition) is 0. The summed E-state index contributed by atoms with van der Waals surface area (Å²) in [5, 5.41) is 2.44. The number of para-hydroxylation sites is 2. The molecule has 0 aromatic heterocycles. The molecule has 0 spiro atoms. The standard InChI is InChI=1S/C47H38N2O/c1-29-13-10-21-42-44(29)49-41-28-32(24-26-37(41)47(4,5)38-19-12-22-43(50-42)45(38)49)48(40-20-11-15-30-14-6-7-16-33(30)40)31-23-25-35-34-17-8-9-18-36(34)46(2,3)39(35)27-31/h6-28H,1-5H3. The van der Waals surface area contributed by atoms with E-state index in [2.05, 4.69) is 184 Å². The molecule has 3 aliphatic rings. The van der Waals surface area contributed by atoms with Gasteiger partial charge in [0.25, 0.3) is 0 Å². The van der Waals surface area contributed by atoms with Gasteiger partial charge in [-0.1, -0.05) is 125 Å². The Labute approximate surface area is 294 Å². The third-order valence-electron chi connectivity index (χ3n) is 11.5. The van der Waals surface area contributed by atoms with Gasteiger partial charge in [-0.05, 0) is 93.7 Å². The molecule has 10 rings (SSSR count). The van der Waals surface area contributed by atoms with Crippen LogP contribution in [0.4, 0.5) is 34.1 Å². The Kier molecular flexibility index (Phi) is 5.90.